The summed E-state index contributed by atoms with van der Waals surface area (Å²) in [6.45, 7) is 3.27. The number of benzene rings is 1. The molecule has 1 heterocycles. The summed E-state index contributed by atoms with van der Waals surface area (Å²) in [6.07, 6.45) is 0.869. The summed E-state index contributed by atoms with van der Waals surface area (Å²) in [6, 6.07) is 4.79. The van der Waals surface area contributed by atoms with Gasteiger partial charge in [-0.25, -0.2) is 0 Å². The summed E-state index contributed by atoms with van der Waals surface area (Å²) in [5.74, 6) is 1.28. The van der Waals surface area contributed by atoms with E-state index in [0.29, 0.717) is 51.1 Å². The Hall–Kier alpha value is -1.46. The number of aromatic hydroxyl groups is 1. The summed E-state index contributed by atoms with van der Waals surface area (Å²) >= 11 is 0. The van der Waals surface area contributed by atoms with Crippen LogP contribution >= 0.6 is 0 Å². The van der Waals surface area contributed by atoms with Gasteiger partial charge in [0, 0.05) is 19.3 Å². The fraction of sp³-hybridized carbons (Fsp3) is 0.538. The molecule has 100 valence electrons. The van der Waals surface area contributed by atoms with Crippen LogP contribution in [0.2, 0.25) is 0 Å². The van der Waals surface area contributed by atoms with Gasteiger partial charge in [0.05, 0.1) is 13.2 Å². The number of phenolic OH excluding ortho intramolecular Hbond substituents is 1. The van der Waals surface area contributed by atoms with Crippen LogP contribution in [-0.4, -0.2) is 44.7 Å². The van der Waals surface area contributed by atoms with E-state index in [-0.39, 0.29) is 5.75 Å². The van der Waals surface area contributed by atoms with Crippen molar-refractivity contribution in [2.75, 3.05) is 39.6 Å². The van der Waals surface area contributed by atoms with Crippen molar-refractivity contribution in [3.63, 3.8) is 0 Å². The lowest BCUT2D eigenvalue weighted by Gasteiger charge is -2.12. The second-order valence-electron chi connectivity index (χ2n) is 3.91. The molecule has 1 aliphatic heterocycles. The summed E-state index contributed by atoms with van der Waals surface area (Å²) in [7, 11) is 0. The molecule has 0 aliphatic carbocycles. The molecule has 18 heavy (non-hydrogen) atoms. The lowest BCUT2D eigenvalue weighted by atomic mass is 10.3. The van der Waals surface area contributed by atoms with E-state index in [0.717, 1.165) is 6.42 Å². The van der Waals surface area contributed by atoms with Gasteiger partial charge in [0.1, 0.15) is 19.0 Å². The third-order valence-electron chi connectivity index (χ3n) is 2.48. The quantitative estimate of drug-likeness (QED) is 0.762. The number of hydrogen-bond donors (Lipinski definition) is 1. The molecule has 5 nitrogen and oxygen atoms in total. The van der Waals surface area contributed by atoms with E-state index in [1.54, 1.807) is 12.1 Å². The Morgan fingerprint density at radius 2 is 1.44 bits per heavy atom. The first-order valence-corrected chi connectivity index (χ1v) is 6.10. The SMILES string of the molecule is Oc1ccc2c(c1)OCCOCCCOCCO2. The molecule has 0 spiro atoms. The molecule has 0 fully saturated rings. The van der Waals surface area contributed by atoms with Crippen LogP contribution in [0.1, 0.15) is 6.42 Å². The van der Waals surface area contributed by atoms with Gasteiger partial charge in [0.2, 0.25) is 0 Å². The highest BCUT2D eigenvalue weighted by Crippen LogP contribution is 2.30. The summed E-state index contributed by atoms with van der Waals surface area (Å²) in [5, 5.41) is 9.43. The van der Waals surface area contributed by atoms with E-state index >= 15 is 0 Å². The van der Waals surface area contributed by atoms with E-state index in [4.69, 9.17) is 18.9 Å². The van der Waals surface area contributed by atoms with Crippen LogP contribution in [-0.2, 0) is 9.47 Å². The zero-order chi connectivity index (χ0) is 12.6. The summed E-state index contributed by atoms with van der Waals surface area (Å²) < 4.78 is 21.9. The number of rotatable bonds is 0. The van der Waals surface area contributed by atoms with Crippen molar-refractivity contribution < 1.29 is 24.1 Å². The van der Waals surface area contributed by atoms with Crippen LogP contribution in [0.25, 0.3) is 0 Å². The Bertz CT molecular complexity index is 366. The van der Waals surface area contributed by atoms with E-state index in [1.807, 2.05) is 0 Å². The van der Waals surface area contributed by atoms with Crippen LogP contribution in [0.3, 0.4) is 0 Å². The van der Waals surface area contributed by atoms with Crippen LogP contribution in [0.5, 0.6) is 17.2 Å². The highest BCUT2D eigenvalue weighted by atomic mass is 16.6. The Morgan fingerprint density at radius 1 is 0.778 bits per heavy atom. The van der Waals surface area contributed by atoms with Gasteiger partial charge >= 0.3 is 0 Å². The van der Waals surface area contributed by atoms with Gasteiger partial charge in [0.25, 0.3) is 0 Å². The van der Waals surface area contributed by atoms with E-state index in [1.165, 1.54) is 6.07 Å². The highest BCUT2D eigenvalue weighted by molar-refractivity contribution is 5.45. The zero-order valence-electron chi connectivity index (χ0n) is 10.3. The van der Waals surface area contributed by atoms with E-state index in [2.05, 4.69) is 0 Å². The predicted molar refractivity (Wildman–Crippen MR) is 65.4 cm³/mol. The molecular weight excluding hydrogens is 236 g/mol. The minimum absolute atomic E-state index is 0.152. The lowest BCUT2D eigenvalue weighted by Crippen LogP contribution is -2.08. The molecule has 0 saturated heterocycles. The molecule has 0 unspecified atom stereocenters. The van der Waals surface area contributed by atoms with Crippen molar-refractivity contribution in [2.24, 2.45) is 0 Å². The Balaban J connectivity index is 2.01. The van der Waals surface area contributed by atoms with Gasteiger partial charge in [-0.3, -0.25) is 0 Å². The first-order valence-electron chi connectivity index (χ1n) is 6.10. The summed E-state index contributed by atoms with van der Waals surface area (Å²) in [5.41, 5.74) is 0. The fourth-order valence-corrected chi connectivity index (χ4v) is 1.62. The molecule has 1 N–H and O–H groups in total. The topological polar surface area (TPSA) is 57.2 Å². The van der Waals surface area contributed by atoms with Gasteiger partial charge in [-0.15, -0.1) is 0 Å². The number of hydrogen-bond acceptors (Lipinski definition) is 5. The van der Waals surface area contributed by atoms with Crippen molar-refractivity contribution in [2.45, 2.75) is 6.42 Å². The Labute approximate surface area is 106 Å². The number of ether oxygens (including phenoxy) is 4. The lowest BCUT2D eigenvalue weighted by molar-refractivity contribution is 0.0638. The van der Waals surface area contributed by atoms with E-state index < -0.39 is 0 Å². The van der Waals surface area contributed by atoms with Crippen molar-refractivity contribution in [3.8, 4) is 17.2 Å². The maximum absolute atomic E-state index is 9.43. The van der Waals surface area contributed by atoms with Gasteiger partial charge in [-0.2, -0.15) is 0 Å². The largest absolute Gasteiger partial charge is 0.508 e. The minimum Gasteiger partial charge on any atom is -0.508 e. The molecule has 0 aromatic heterocycles. The zero-order valence-corrected chi connectivity index (χ0v) is 10.3. The fourth-order valence-electron chi connectivity index (χ4n) is 1.62. The molecule has 0 radical (unpaired) electrons. The summed E-state index contributed by atoms with van der Waals surface area (Å²) in [4.78, 5) is 0. The second-order valence-corrected chi connectivity index (χ2v) is 3.91. The maximum atomic E-state index is 9.43. The van der Waals surface area contributed by atoms with Crippen molar-refractivity contribution >= 4 is 0 Å². The first kappa shape index (κ1) is 13.0. The maximum Gasteiger partial charge on any atom is 0.164 e. The average Bonchev–Trinajstić information content (AvgIpc) is 2.39. The van der Waals surface area contributed by atoms with Crippen molar-refractivity contribution in [1.82, 2.24) is 0 Å². The standard InChI is InChI=1S/C13H18O5/c14-11-2-3-12-13(10-11)18-9-7-16-5-1-4-15-6-8-17-12/h2-3,10,14H,1,4-9H2. The highest BCUT2D eigenvalue weighted by Gasteiger charge is 2.07. The van der Waals surface area contributed by atoms with Gasteiger partial charge in [-0.1, -0.05) is 0 Å². The number of phenols is 1. The third-order valence-corrected chi connectivity index (χ3v) is 2.48. The molecule has 0 saturated carbocycles. The van der Waals surface area contributed by atoms with Crippen LogP contribution in [0.4, 0.5) is 0 Å². The Kier molecular flexibility index (Phi) is 5.11. The molecule has 1 aromatic rings. The van der Waals surface area contributed by atoms with Gasteiger partial charge in [-0.05, 0) is 18.6 Å². The van der Waals surface area contributed by atoms with Crippen LogP contribution < -0.4 is 9.47 Å². The molecule has 1 aromatic carbocycles. The molecule has 1 aliphatic rings. The predicted octanol–water partition coefficient (Wildman–Crippen LogP) is 1.59. The number of fused-ring (bicyclic) bond motifs is 1. The molecule has 0 amide bonds. The molecule has 0 atom stereocenters. The second kappa shape index (κ2) is 7.08. The smallest absolute Gasteiger partial charge is 0.164 e. The third kappa shape index (κ3) is 4.09. The molecule has 0 bridgehead atoms. The van der Waals surface area contributed by atoms with Crippen LogP contribution in [0, 0.1) is 0 Å². The van der Waals surface area contributed by atoms with Gasteiger partial charge in [0.15, 0.2) is 11.5 Å². The molecule has 2 rings (SSSR count). The van der Waals surface area contributed by atoms with Crippen LogP contribution in [0.15, 0.2) is 18.2 Å². The van der Waals surface area contributed by atoms with Crippen molar-refractivity contribution in [1.29, 1.82) is 0 Å². The first-order chi connectivity index (χ1) is 8.86. The normalized spacial score (nSPS) is 18.2. The molecular formula is C13H18O5. The van der Waals surface area contributed by atoms with E-state index in [9.17, 15) is 5.11 Å². The minimum atomic E-state index is 0.152. The van der Waals surface area contributed by atoms with Gasteiger partial charge < -0.3 is 24.1 Å². The Morgan fingerprint density at radius 3 is 2.17 bits per heavy atom. The average molecular weight is 254 g/mol. The molecule has 5 heteroatoms. The monoisotopic (exact) mass is 254 g/mol. The van der Waals surface area contributed by atoms with Crippen molar-refractivity contribution in [3.05, 3.63) is 18.2 Å².